The van der Waals surface area contributed by atoms with Crippen LogP contribution in [0.3, 0.4) is 0 Å². The molecule has 3 nitrogen and oxygen atoms in total. The number of rotatable bonds is 0. The highest BCUT2D eigenvalue weighted by molar-refractivity contribution is 5.52. The minimum atomic E-state index is -0.756. The molecule has 3 aliphatic rings. The largest absolute Gasteiger partial charge is 0.384 e. The number of ether oxygens (including phenoxy) is 1. The van der Waals surface area contributed by atoms with E-state index in [1.807, 2.05) is 0 Å². The summed E-state index contributed by atoms with van der Waals surface area (Å²) in [6.07, 6.45) is 8.65. The molecule has 0 saturated carbocycles. The van der Waals surface area contributed by atoms with Crippen LogP contribution < -0.4 is 0 Å². The molecule has 2 N–H and O–H groups in total. The molecular weight excluding hydrogens is 432 g/mol. The summed E-state index contributed by atoms with van der Waals surface area (Å²) in [5.74, 6) is 0. The van der Waals surface area contributed by atoms with Crippen molar-refractivity contribution < 1.29 is 14.9 Å². The highest BCUT2D eigenvalue weighted by atomic mass is 16.5. The second-order valence-electron chi connectivity index (χ2n) is 16.1. The normalized spacial score (nSPS) is 34.1. The number of aliphatic hydroxyl groups is 2. The number of aliphatic hydroxyl groups excluding tert-OH is 2. The van der Waals surface area contributed by atoms with Crippen LogP contribution >= 0.6 is 0 Å². The third-order valence-electron chi connectivity index (χ3n) is 8.10. The molecule has 1 aliphatic heterocycles. The van der Waals surface area contributed by atoms with Gasteiger partial charge in [-0.15, -0.1) is 0 Å². The van der Waals surface area contributed by atoms with Gasteiger partial charge in [0.15, 0.2) is 0 Å². The van der Waals surface area contributed by atoms with Crippen LogP contribution in [0.5, 0.6) is 0 Å². The first-order valence-corrected chi connectivity index (χ1v) is 13.3. The molecule has 2 aliphatic carbocycles. The molecule has 0 aromatic rings. The fourth-order valence-corrected chi connectivity index (χ4v) is 6.34. The second-order valence-corrected chi connectivity index (χ2v) is 16.1. The van der Waals surface area contributed by atoms with Gasteiger partial charge in [0.2, 0.25) is 0 Å². The Morgan fingerprint density at radius 1 is 0.600 bits per heavy atom. The van der Waals surface area contributed by atoms with Gasteiger partial charge < -0.3 is 14.9 Å². The molecule has 0 amide bonds. The zero-order valence-electron chi connectivity index (χ0n) is 25.0. The Labute approximate surface area is 215 Å². The van der Waals surface area contributed by atoms with E-state index in [1.165, 1.54) is 0 Å². The van der Waals surface area contributed by atoms with Crippen LogP contribution in [0.2, 0.25) is 0 Å². The maximum Gasteiger partial charge on any atom is 0.118 e. The molecule has 0 aromatic heterocycles. The van der Waals surface area contributed by atoms with E-state index < -0.39 is 23.2 Å². The fraction of sp³-hybridized carbons (Fsp3) is 0.750. The van der Waals surface area contributed by atoms with Crippen molar-refractivity contribution in [3.05, 3.63) is 46.6 Å². The Morgan fingerprint density at radius 2 is 0.886 bits per heavy atom. The summed E-state index contributed by atoms with van der Waals surface area (Å²) in [5, 5.41) is 23.2. The molecule has 198 valence electrons. The summed E-state index contributed by atoms with van der Waals surface area (Å²) in [6, 6.07) is 0. The van der Waals surface area contributed by atoms with E-state index in [9.17, 15) is 10.2 Å². The predicted octanol–water partition coefficient (Wildman–Crippen LogP) is 7.55. The third kappa shape index (κ3) is 4.90. The van der Waals surface area contributed by atoms with Gasteiger partial charge >= 0.3 is 0 Å². The van der Waals surface area contributed by atoms with Gasteiger partial charge in [-0.25, -0.2) is 0 Å². The van der Waals surface area contributed by atoms with Crippen LogP contribution in [0.4, 0.5) is 0 Å². The first kappa shape index (κ1) is 28.4. The van der Waals surface area contributed by atoms with Gasteiger partial charge in [-0.1, -0.05) is 95.2 Å². The highest BCUT2D eigenvalue weighted by Gasteiger charge is 2.62. The van der Waals surface area contributed by atoms with Crippen LogP contribution in [0, 0.1) is 27.1 Å². The topological polar surface area (TPSA) is 49.7 Å². The van der Waals surface area contributed by atoms with Crippen LogP contribution in [-0.4, -0.2) is 33.6 Å². The molecule has 35 heavy (non-hydrogen) atoms. The Balaban J connectivity index is 2.49. The molecule has 3 rings (SSSR count). The Bertz CT molecular complexity index is 843. The average molecular weight is 485 g/mol. The van der Waals surface area contributed by atoms with Crippen molar-refractivity contribution in [2.75, 3.05) is 0 Å². The lowest BCUT2D eigenvalue weighted by Gasteiger charge is -2.50. The third-order valence-corrected chi connectivity index (χ3v) is 8.10. The zero-order valence-corrected chi connectivity index (χ0v) is 25.0. The number of hydrogen-bond acceptors (Lipinski definition) is 3. The molecule has 0 unspecified atom stereocenters. The smallest absolute Gasteiger partial charge is 0.118 e. The zero-order chi connectivity index (χ0) is 27.2. The van der Waals surface area contributed by atoms with Gasteiger partial charge in [-0.05, 0) is 76.4 Å². The first-order chi connectivity index (χ1) is 15.4. The van der Waals surface area contributed by atoms with Gasteiger partial charge in [0.1, 0.15) is 5.60 Å². The molecule has 1 saturated heterocycles. The summed E-state index contributed by atoms with van der Waals surface area (Å²) in [4.78, 5) is 0. The van der Waals surface area contributed by atoms with Gasteiger partial charge in [-0.2, -0.15) is 0 Å². The predicted molar refractivity (Wildman–Crippen MR) is 147 cm³/mol. The van der Waals surface area contributed by atoms with E-state index in [4.69, 9.17) is 4.74 Å². The van der Waals surface area contributed by atoms with Crippen molar-refractivity contribution in [3.63, 3.8) is 0 Å². The van der Waals surface area contributed by atoms with Gasteiger partial charge in [-0.3, -0.25) is 0 Å². The molecule has 0 bridgehead atoms. The lowest BCUT2D eigenvalue weighted by atomic mass is 9.56. The van der Waals surface area contributed by atoms with E-state index >= 15 is 0 Å². The number of hydrogen-bond donors (Lipinski definition) is 2. The van der Waals surface area contributed by atoms with E-state index in [2.05, 4.69) is 121 Å². The van der Waals surface area contributed by atoms with Crippen molar-refractivity contribution in [2.24, 2.45) is 27.1 Å². The number of fused-ring (bicyclic) bond motifs is 1. The van der Waals surface area contributed by atoms with Crippen molar-refractivity contribution in [1.82, 2.24) is 0 Å². The molecule has 1 fully saturated rings. The van der Waals surface area contributed by atoms with Crippen LogP contribution in [0.1, 0.15) is 103 Å². The van der Waals surface area contributed by atoms with Crippen LogP contribution in [-0.2, 0) is 4.74 Å². The lowest BCUT2D eigenvalue weighted by molar-refractivity contribution is -0.0495. The summed E-state index contributed by atoms with van der Waals surface area (Å²) < 4.78 is 7.09. The Morgan fingerprint density at radius 3 is 1.17 bits per heavy atom. The summed E-state index contributed by atoms with van der Waals surface area (Å²) in [5.41, 5.74) is 1.63. The van der Waals surface area contributed by atoms with Gasteiger partial charge in [0.05, 0.1) is 17.8 Å². The molecule has 2 spiro atoms. The lowest BCUT2D eigenvalue weighted by Crippen LogP contribution is -2.49. The quantitative estimate of drug-likeness (QED) is 0.349. The van der Waals surface area contributed by atoms with E-state index in [-0.39, 0.29) is 27.3 Å². The molecule has 0 radical (unpaired) electrons. The molecular formula is C32H52O3. The molecule has 3 heteroatoms. The van der Waals surface area contributed by atoms with Crippen molar-refractivity contribution in [1.29, 1.82) is 0 Å². The molecule has 1 heterocycles. The van der Waals surface area contributed by atoms with E-state index in [1.54, 1.807) is 0 Å². The van der Waals surface area contributed by atoms with E-state index in [0.29, 0.717) is 0 Å². The first-order valence-electron chi connectivity index (χ1n) is 13.3. The maximum atomic E-state index is 11.6. The van der Waals surface area contributed by atoms with Crippen LogP contribution in [0.25, 0.3) is 0 Å². The second kappa shape index (κ2) is 7.92. The monoisotopic (exact) mass is 484 g/mol. The fourth-order valence-electron chi connectivity index (χ4n) is 6.34. The summed E-state index contributed by atoms with van der Waals surface area (Å²) in [6.45, 7) is 30.5. The summed E-state index contributed by atoms with van der Waals surface area (Å²) >= 11 is 0. The standard InChI is InChI=1S/C32H52O3/c1-26(2,3)20-15-31(16-21(24(20)33)27(4,5)6)19-30(13,14)35-32(31)17-22(28(7,8)9)25(34)23(18-32)29(10,11)12/h15-18,24-25,33-34H,19H2,1-14H3. The molecule has 0 atom stereocenters. The van der Waals surface area contributed by atoms with Crippen molar-refractivity contribution >= 4 is 0 Å². The molecule has 0 aromatic carbocycles. The minimum absolute atomic E-state index is 0.202. The SMILES string of the molecule is CC1(C)CC2(C=C(C(C)(C)C)C(O)C(C(C)(C)C)=C2)C2(C=C(C(C)(C)C)C(O)C(C(C)(C)C)=C2)O1. The minimum Gasteiger partial charge on any atom is -0.384 e. The van der Waals surface area contributed by atoms with E-state index in [0.717, 1.165) is 28.7 Å². The van der Waals surface area contributed by atoms with Crippen LogP contribution in [0.15, 0.2) is 46.6 Å². The Kier molecular flexibility index (Phi) is 6.43. The highest BCUT2D eigenvalue weighted by Crippen LogP contribution is 2.62. The average Bonchev–Trinajstić information content (AvgIpc) is 2.80. The maximum absolute atomic E-state index is 11.6. The van der Waals surface area contributed by atoms with Gasteiger partial charge in [0, 0.05) is 5.41 Å². The summed E-state index contributed by atoms with van der Waals surface area (Å²) in [7, 11) is 0. The van der Waals surface area contributed by atoms with Gasteiger partial charge in [0.25, 0.3) is 0 Å². The van der Waals surface area contributed by atoms with Crippen molar-refractivity contribution in [2.45, 2.75) is 127 Å². The Hall–Kier alpha value is -1.16. The van der Waals surface area contributed by atoms with Crippen molar-refractivity contribution in [3.8, 4) is 0 Å².